The van der Waals surface area contributed by atoms with Gasteiger partial charge in [0.1, 0.15) is 6.10 Å². The Bertz CT molecular complexity index is 170. The van der Waals surface area contributed by atoms with Crippen molar-refractivity contribution in [2.45, 2.75) is 46.3 Å². The molecule has 5 nitrogen and oxygen atoms in total. The zero-order valence-corrected chi connectivity index (χ0v) is 11.6. The summed E-state index contributed by atoms with van der Waals surface area (Å²) >= 11 is 0. The molecule has 2 unspecified atom stereocenters. The molecule has 0 spiro atoms. The van der Waals surface area contributed by atoms with Crippen molar-refractivity contribution in [3.63, 3.8) is 0 Å². The lowest BCUT2D eigenvalue weighted by molar-refractivity contribution is -0.150. The van der Waals surface area contributed by atoms with E-state index in [2.05, 4.69) is 0 Å². The van der Waals surface area contributed by atoms with Gasteiger partial charge in [-0.05, 0) is 20.8 Å². The van der Waals surface area contributed by atoms with Crippen molar-refractivity contribution in [3.05, 3.63) is 0 Å². The highest BCUT2D eigenvalue weighted by molar-refractivity contribution is 5.69. The zero-order chi connectivity index (χ0) is 13.7. The van der Waals surface area contributed by atoms with Crippen molar-refractivity contribution in [1.29, 1.82) is 0 Å². The van der Waals surface area contributed by atoms with Crippen molar-refractivity contribution in [1.82, 2.24) is 0 Å². The minimum atomic E-state index is -0.319. The van der Waals surface area contributed by atoms with Crippen molar-refractivity contribution in [3.8, 4) is 0 Å². The molecule has 1 N–H and O–H groups in total. The maximum Gasteiger partial charge on any atom is 0.305 e. The summed E-state index contributed by atoms with van der Waals surface area (Å²) in [6.07, 6.45) is -0.0222. The molecule has 5 heteroatoms. The van der Waals surface area contributed by atoms with E-state index in [1.165, 1.54) is 0 Å². The maximum absolute atomic E-state index is 10.6. The van der Waals surface area contributed by atoms with Gasteiger partial charge in [-0.1, -0.05) is 6.92 Å². The van der Waals surface area contributed by atoms with Crippen molar-refractivity contribution in [2.75, 3.05) is 26.9 Å². The summed E-state index contributed by atoms with van der Waals surface area (Å²) < 4.78 is 14.5. The van der Waals surface area contributed by atoms with Crippen LogP contribution in [-0.4, -0.2) is 50.2 Å². The summed E-state index contributed by atoms with van der Waals surface area (Å²) in [6, 6.07) is 0. The predicted molar refractivity (Wildman–Crippen MR) is 65.9 cm³/mol. The number of aliphatic hydroxyl groups excluding tert-OH is 1. The molecule has 0 heterocycles. The van der Waals surface area contributed by atoms with Crippen LogP contribution in [0.5, 0.6) is 0 Å². The molecule has 0 bridgehead atoms. The third-order valence-electron chi connectivity index (χ3n) is 1.59. The first-order valence-corrected chi connectivity index (χ1v) is 5.92. The van der Waals surface area contributed by atoms with Gasteiger partial charge in [-0.15, -0.1) is 0 Å². The van der Waals surface area contributed by atoms with Crippen LogP contribution in [0.4, 0.5) is 0 Å². The molecular weight excluding hydrogens is 224 g/mol. The van der Waals surface area contributed by atoms with Gasteiger partial charge in [0.2, 0.25) is 0 Å². The second-order valence-corrected chi connectivity index (χ2v) is 3.62. The van der Waals surface area contributed by atoms with Gasteiger partial charge >= 0.3 is 5.97 Å². The van der Waals surface area contributed by atoms with Crippen molar-refractivity contribution in [2.24, 2.45) is 0 Å². The number of ether oxygens (including phenoxy) is 3. The van der Waals surface area contributed by atoms with Crippen LogP contribution in [0, 0.1) is 0 Å². The minimum Gasteiger partial charge on any atom is -0.460 e. The van der Waals surface area contributed by atoms with Crippen LogP contribution in [0.2, 0.25) is 0 Å². The molecule has 0 aromatic carbocycles. The van der Waals surface area contributed by atoms with Crippen LogP contribution in [0.3, 0.4) is 0 Å². The summed E-state index contributed by atoms with van der Waals surface area (Å²) in [4.78, 5) is 10.6. The van der Waals surface area contributed by atoms with E-state index >= 15 is 0 Å². The number of hydrogen-bond acceptors (Lipinski definition) is 5. The number of carbonyl (C=O) groups excluding carboxylic acids is 1. The van der Waals surface area contributed by atoms with Gasteiger partial charge in [-0.25, -0.2) is 0 Å². The van der Waals surface area contributed by atoms with E-state index < -0.39 is 0 Å². The largest absolute Gasteiger partial charge is 0.460 e. The molecule has 0 radical (unpaired) electrons. The van der Waals surface area contributed by atoms with Crippen molar-refractivity contribution < 1.29 is 24.1 Å². The number of methoxy groups -OCH3 is 1. The monoisotopic (exact) mass is 250 g/mol. The van der Waals surface area contributed by atoms with Crippen LogP contribution in [0.15, 0.2) is 0 Å². The van der Waals surface area contributed by atoms with Crippen LogP contribution >= 0.6 is 0 Å². The van der Waals surface area contributed by atoms with E-state index in [1.807, 2.05) is 6.92 Å². The standard InChI is InChI=1S/C7H14O3.C5H12O2/c1-4-7(8)10-6(2)5-9-3;1-3-7-4-5(2)6/h6H,4-5H2,1-3H3;5-6H,3-4H2,1-2H3. The summed E-state index contributed by atoms with van der Waals surface area (Å²) in [5, 5.41) is 8.56. The lowest BCUT2D eigenvalue weighted by atomic mass is 10.4. The van der Waals surface area contributed by atoms with E-state index in [4.69, 9.17) is 19.3 Å². The Kier molecular flexibility index (Phi) is 14.8. The van der Waals surface area contributed by atoms with Crippen LogP contribution in [0.1, 0.15) is 34.1 Å². The summed E-state index contributed by atoms with van der Waals surface area (Å²) in [6.45, 7) is 8.78. The van der Waals surface area contributed by atoms with Gasteiger partial charge in [0.15, 0.2) is 0 Å². The van der Waals surface area contributed by atoms with Crippen molar-refractivity contribution >= 4 is 5.97 Å². The molecule has 17 heavy (non-hydrogen) atoms. The molecule has 0 aliphatic carbocycles. The SMILES string of the molecule is CCC(=O)OC(C)COC.CCOCC(C)O. The molecule has 0 amide bonds. The molecule has 0 aliphatic rings. The van der Waals surface area contributed by atoms with E-state index in [0.29, 0.717) is 26.2 Å². The van der Waals surface area contributed by atoms with Gasteiger partial charge < -0.3 is 19.3 Å². The fourth-order valence-corrected chi connectivity index (χ4v) is 0.865. The second-order valence-electron chi connectivity index (χ2n) is 3.62. The van der Waals surface area contributed by atoms with Gasteiger partial charge in [0, 0.05) is 20.1 Å². The molecule has 0 rings (SSSR count). The molecule has 0 saturated heterocycles. The second kappa shape index (κ2) is 13.4. The first kappa shape index (κ1) is 18.7. The number of rotatable bonds is 7. The number of hydrogen-bond donors (Lipinski definition) is 1. The number of carbonyl (C=O) groups is 1. The normalized spacial score (nSPS) is 13.3. The maximum atomic E-state index is 10.6. The van der Waals surface area contributed by atoms with Gasteiger partial charge in [0.05, 0.1) is 19.3 Å². The molecule has 0 aromatic heterocycles. The fraction of sp³-hybridized carbons (Fsp3) is 0.917. The average molecular weight is 250 g/mol. The third kappa shape index (κ3) is 17.9. The Morgan fingerprint density at radius 2 is 1.82 bits per heavy atom. The lowest BCUT2D eigenvalue weighted by Gasteiger charge is -2.10. The number of esters is 1. The smallest absolute Gasteiger partial charge is 0.305 e. The molecule has 0 aromatic rings. The molecule has 104 valence electrons. The predicted octanol–water partition coefficient (Wildman–Crippen LogP) is 1.38. The molecule has 0 aliphatic heterocycles. The Labute approximate surface area is 104 Å². The Hall–Kier alpha value is -0.650. The minimum absolute atomic E-state index is 0.127. The summed E-state index contributed by atoms with van der Waals surface area (Å²) in [5.74, 6) is -0.176. The van der Waals surface area contributed by atoms with Crippen LogP contribution in [-0.2, 0) is 19.0 Å². The van der Waals surface area contributed by atoms with E-state index in [-0.39, 0.29) is 18.2 Å². The Morgan fingerprint density at radius 3 is 2.12 bits per heavy atom. The van der Waals surface area contributed by atoms with E-state index in [9.17, 15) is 4.79 Å². The van der Waals surface area contributed by atoms with Gasteiger partial charge in [-0.2, -0.15) is 0 Å². The fourth-order valence-electron chi connectivity index (χ4n) is 0.865. The van der Waals surface area contributed by atoms with Gasteiger partial charge in [0.25, 0.3) is 0 Å². The zero-order valence-electron chi connectivity index (χ0n) is 11.6. The highest BCUT2D eigenvalue weighted by Gasteiger charge is 2.05. The third-order valence-corrected chi connectivity index (χ3v) is 1.59. The molecule has 0 saturated carbocycles. The highest BCUT2D eigenvalue weighted by Crippen LogP contribution is 1.93. The Morgan fingerprint density at radius 1 is 1.24 bits per heavy atom. The van der Waals surface area contributed by atoms with E-state index in [0.717, 1.165) is 0 Å². The van der Waals surface area contributed by atoms with E-state index in [1.54, 1.807) is 27.9 Å². The molecular formula is C12H26O5. The molecule has 0 fully saturated rings. The molecule has 2 atom stereocenters. The lowest BCUT2D eigenvalue weighted by Crippen LogP contribution is -2.18. The summed E-state index contributed by atoms with van der Waals surface area (Å²) in [5.41, 5.74) is 0. The average Bonchev–Trinajstić information content (AvgIpc) is 2.27. The quantitative estimate of drug-likeness (QED) is 0.691. The topological polar surface area (TPSA) is 65.0 Å². The van der Waals surface area contributed by atoms with Gasteiger partial charge in [-0.3, -0.25) is 4.79 Å². The van der Waals surface area contributed by atoms with Crippen LogP contribution in [0.25, 0.3) is 0 Å². The first-order chi connectivity index (χ1) is 7.97. The Balaban J connectivity index is 0. The number of aliphatic hydroxyl groups is 1. The first-order valence-electron chi connectivity index (χ1n) is 5.92. The summed E-state index contributed by atoms with van der Waals surface area (Å²) in [7, 11) is 1.58. The highest BCUT2D eigenvalue weighted by atomic mass is 16.6. The van der Waals surface area contributed by atoms with Crippen LogP contribution < -0.4 is 0 Å².